The molecule has 0 spiro atoms. The molecule has 4 aromatic rings. The van der Waals surface area contributed by atoms with Gasteiger partial charge in [0.15, 0.2) is 11.5 Å². The summed E-state index contributed by atoms with van der Waals surface area (Å²) in [5, 5.41) is 15.1. The molecule has 0 radical (unpaired) electrons. The number of carbonyl (C=O) groups excluding carboxylic acids is 1. The number of aryl methyl sites for hydroxylation is 2. The van der Waals surface area contributed by atoms with Gasteiger partial charge in [-0.25, -0.2) is 14.5 Å². The standard InChI is InChI=1S/C11H9F3N4O.C9H11N5/c1-6-2-9-15-3-8-10(18(9)16-6)7(11(12,13)14)4-17(8)5-19;1-7-5-8(10-2)6-11-9(7)14-12-3-4-13-14/h2-3,5,7H,4H2,1H3;3-6,10H,1-2H3. The first kappa shape index (κ1) is 22.2. The largest absolute Gasteiger partial charge is 0.399 e. The van der Waals surface area contributed by atoms with Crippen LogP contribution in [0.2, 0.25) is 0 Å². The molecule has 1 amide bonds. The number of halogens is 3. The number of hydrogen-bond acceptors (Lipinski definition) is 7. The fourth-order valence-corrected chi connectivity index (χ4v) is 3.58. The number of carbonyl (C=O) groups is 1. The van der Waals surface area contributed by atoms with Crippen molar-refractivity contribution < 1.29 is 18.0 Å². The summed E-state index contributed by atoms with van der Waals surface area (Å²) in [4.78, 5) is 21.7. The van der Waals surface area contributed by atoms with Crippen molar-refractivity contribution >= 4 is 23.4 Å². The Morgan fingerprint density at radius 3 is 2.45 bits per heavy atom. The van der Waals surface area contributed by atoms with E-state index in [2.05, 4.69) is 30.6 Å². The quantitative estimate of drug-likeness (QED) is 0.470. The van der Waals surface area contributed by atoms with Gasteiger partial charge in [-0.2, -0.15) is 28.5 Å². The van der Waals surface area contributed by atoms with Gasteiger partial charge >= 0.3 is 6.18 Å². The number of anilines is 2. The molecule has 172 valence electrons. The van der Waals surface area contributed by atoms with Crippen LogP contribution in [0.1, 0.15) is 22.9 Å². The summed E-state index contributed by atoms with van der Waals surface area (Å²) in [6, 6.07) is 3.60. The van der Waals surface area contributed by atoms with Gasteiger partial charge in [-0.1, -0.05) is 0 Å². The van der Waals surface area contributed by atoms with E-state index in [1.807, 2.05) is 20.0 Å². The first-order valence-electron chi connectivity index (χ1n) is 9.88. The van der Waals surface area contributed by atoms with Gasteiger partial charge in [0, 0.05) is 19.7 Å². The lowest BCUT2D eigenvalue weighted by Gasteiger charge is -2.15. The van der Waals surface area contributed by atoms with E-state index in [-0.39, 0.29) is 11.4 Å². The summed E-state index contributed by atoms with van der Waals surface area (Å²) in [6.45, 7) is 3.23. The van der Waals surface area contributed by atoms with Gasteiger partial charge in [-0.15, -0.1) is 4.80 Å². The van der Waals surface area contributed by atoms with Crippen molar-refractivity contribution in [2.24, 2.45) is 0 Å². The van der Waals surface area contributed by atoms with Gasteiger partial charge in [0.1, 0.15) is 5.92 Å². The number of nitrogens with one attached hydrogen (secondary N) is 1. The molecular weight excluding hydrogens is 439 g/mol. The molecule has 13 heteroatoms. The van der Waals surface area contributed by atoms with Gasteiger partial charge < -0.3 is 10.2 Å². The van der Waals surface area contributed by atoms with Gasteiger partial charge in [0.2, 0.25) is 6.41 Å². The monoisotopic (exact) mass is 459 g/mol. The van der Waals surface area contributed by atoms with Gasteiger partial charge in [0.25, 0.3) is 0 Å². The second kappa shape index (κ2) is 8.48. The number of aromatic nitrogens is 7. The molecule has 4 aromatic heterocycles. The van der Waals surface area contributed by atoms with E-state index in [1.54, 1.807) is 31.6 Å². The molecule has 0 aromatic carbocycles. The van der Waals surface area contributed by atoms with Crippen LogP contribution in [0.3, 0.4) is 0 Å². The fraction of sp³-hybridized carbons (Fsp3) is 0.300. The summed E-state index contributed by atoms with van der Waals surface area (Å²) >= 11 is 0. The Balaban J connectivity index is 0.000000165. The smallest absolute Gasteiger partial charge is 0.387 e. The Morgan fingerprint density at radius 1 is 1.12 bits per heavy atom. The van der Waals surface area contributed by atoms with E-state index in [9.17, 15) is 18.0 Å². The second-order valence-corrected chi connectivity index (χ2v) is 7.37. The maximum Gasteiger partial charge on any atom is 0.399 e. The van der Waals surface area contributed by atoms with E-state index < -0.39 is 18.6 Å². The first-order chi connectivity index (χ1) is 15.7. The van der Waals surface area contributed by atoms with E-state index >= 15 is 0 Å². The van der Waals surface area contributed by atoms with Crippen LogP contribution < -0.4 is 10.2 Å². The molecule has 0 aliphatic carbocycles. The minimum atomic E-state index is -4.43. The number of alkyl halides is 3. The summed E-state index contributed by atoms with van der Waals surface area (Å²) in [5.41, 5.74) is 3.07. The summed E-state index contributed by atoms with van der Waals surface area (Å²) in [5.74, 6) is -0.980. The van der Waals surface area contributed by atoms with Crippen LogP contribution in [0.4, 0.5) is 24.5 Å². The maximum absolute atomic E-state index is 13.1. The molecule has 10 nitrogen and oxygen atoms in total. The summed E-state index contributed by atoms with van der Waals surface area (Å²) < 4.78 is 40.4. The normalized spacial score (nSPS) is 15.2. The fourth-order valence-electron chi connectivity index (χ4n) is 3.58. The third-order valence-corrected chi connectivity index (χ3v) is 5.11. The molecule has 0 fully saturated rings. The third-order valence-electron chi connectivity index (χ3n) is 5.11. The number of pyridine rings is 1. The molecule has 1 N–H and O–H groups in total. The highest BCUT2D eigenvalue weighted by Gasteiger charge is 2.49. The summed E-state index contributed by atoms with van der Waals surface area (Å²) in [6.07, 6.45) is 2.26. The van der Waals surface area contributed by atoms with E-state index in [4.69, 9.17) is 0 Å². The van der Waals surface area contributed by atoms with Crippen molar-refractivity contribution in [3.05, 3.63) is 53.9 Å². The Hall–Kier alpha value is -4.03. The van der Waals surface area contributed by atoms with Crippen molar-refractivity contribution in [3.63, 3.8) is 0 Å². The molecular formula is C20H20F3N9O. The SMILES string of the molecule is CNc1cnc(-n2nccn2)c(C)c1.Cc1cc2ncc3c(n2n1)C(C(F)(F)F)CN3C=O. The summed E-state index contributed by atoms with van der Waals surface area (Å²) in [7, 11) is 1.86. The van der Waals surface area contributed by atoms with Crippen molar-refractivity contribution in [2.75, 3.05) is 23.8 Å². The Kier molecular flexibility index (Phi) is 5.70. The topological polar surface area (TPSA) is 106 Å². The lowest BCUT2D eigenvalue weighted by Crippen LogP contribution is -2.27. The highest BCUT2D eigenvalue weighted by atomic mass is 19.4. The molecule has 5 heterocycles. The average molecular weight is 459 g/mol. The molecule has 5 rings (SSSR count). The average Bonchev–Trinajstić information content (AvgIpc) is 3.50. The maximum atomic E-state index is 13.1. The van der Waals surface area contributed by atoms with Gasteiger partial charge in [-0.3, -0.25) is 4.79 Å². The zero-order valence-corrected chi connectivity index (χ0v) is 17.9. The number of nitrogens with zero attached hydrogens (tertiary/aromatic N) is 8. The van der Waals surface area contributed by atoms with E-state index in [1.165, 1.54) is 15.5 Å². The number of hydrogen-bond donors (Lipinski definition) is 1. The molecule has 1 atom stereocenters. The Bertz CT molecular complexity index is 1280. The van der Waals surface area contributed by atoms with Crippen molar-refractivity contribution in [1.82, 2.24) is 34.6 Å². The van der Waals surface area contributed by atoms with Crippen LogP contribution in [0.15, 0.2) is 36.9 Å². The van der Waals surface area contributed by atoms with Crippen molar-refractivity contribution in [1.29, 1.82) is 0 Å². The van der Waals surface area contributed by atoms with Gasteiger partial charge in [0.05, 0.1) is 47.6 Å². The highest BCUT2D eigenvalue weighted by Crippen LogP contribution is 2.44. The molecule has 33 heavy (non-hydrogen) atoms. The zero-order chi connectivity index (χ0) is 23.8. The molecule has 0 saturated carbocycles. The van der Waals surface area contributed by atoms with Crippen molar-refractivity contribution in [2.45, 2.75) is 25.9 Å². The Labute approximate surface area is 186 Å². The van der Waals surface area contributed by atoms with E-state index in [0.29, 0.717) is 17.8 Å². The number of rotatable bonds is 3. The number of fused-ring (bicyclic) bond motifs is 3. The minimum Gasteiger partial charge on any atom is -0.387 e. The van der Waals surface area contributed by atoms with E-state index in [0.717, 1.165) is 22.0 Å². The lowest BCUT2D eigenvalue weighted by molar-refractivity contribution is -0.147. The van der Waals surface area contributed by atoms with Crippen LogP contribution in [-0.4, -0.2) is 60.8 Å². The number of amides is 1. The molecule has 1 unspecified atom stereocenters. The van der Waals surface area contributed by atoms with Gasteiger partial charge in [-0.05, 0) is 25.5 Å². The van der Waals surface area contributed by atoms with Crippen LogP contribution >= 0.6 is 0 Å². The predicted molar refractivity (Wildman–Crippen MR) is 113 cm³/mol. The highest BCUT2D eigenvalue weighted by molar-refractivity contribution is 5.80. The predicted octanol–water partition coefficient (Wildman–Crippen LogP) is 2.67. The minimum absolute atomic E-state index is 0.0299. The van der Waals surface area contributed by atoms with Crippen LogP contribution in [0.25, 0.3) is 11.5 Å². The molecule has 1 aliphatic heterocycles. The third kappa shape index (κ3) is 4.21. The van der Waals surface area contributed by atoms with Crippen molar-refractivity contribution in [3.8, 4) is 5.82 Å². The first-order valence-corrected chi connectivity index (χ1v) is 9.88. The second-order valence-electron chi connectivity index (χ2n) is 7.37. The van der Waals surface area contributed by atoms with Crippen LogP contribution in [-0.2, 0) is 4.79 Å². The molecule has 0 saturated heterocycles. The lowest BCUT2D eigenvalue weighted by atomic mass is 10.1. The molecule has 0 bridgehead atoms. The zero-order valence-electron chi connectivity index (χ0n) is 17.9. The van der Waals surface area contributed by atoms with Crippen LogP contribution in [0.5, 0.6) is 0 Å². The Morgan fingerprint density at radius 2 is 1.85 bits per heavy atom. The van der Waals surface area contributed by atoms with Crippen LogP contribution in [0, 0.1) is 13.8 Å². The molecule has 1 aliphatic rings.